The Morgan fingerprint density at radius 1 is 1.18 bits per heavy atom. The summed E-state index contributed by atoms with van der Waals surface area (Å²) < 4.78 is 111. The second kappa shape index (κ2) is 8.49. The summed E-state index contributed by atoms with van der Waals surface area (Å²) in [5.41, 5.74) is -4.43. The molecule has 1 unspecified atom stereocenters. The molecule has 2 aromatic rings. The average Bonchev–Trinajstić information content (AvgIpc) is 3.10. The lowest BCUT2D eigenvalue weighted by Crippen LogP contribution is -2.48. The van der Waals surface area contributed by atoms with Gasteiger partial charge in [-0.1, -0.05) is 0 Å². The number of ether oxygens (including phenoxy) is 1. The first-order chi connectivity index (χ1) is 15.2. The van der Waals surface area contributed by atoms with E-state index < -0.39 is 86.8 Å². The smallest absolute Gasteiger partial charge is 0.416 e. The van der Waals surface area contributed by atoms with Crippen molar-refractivity contribution in [2.75, 3.05) is 19.7 Å². The zero-order valence-corrected chi connectivity index (χ0v) is 17.1. The van der Waals surface area contributed by atoms with E-state index in [1.165, 1.54) is 6.07 Å². The predicted molar refractivity (Wildman–Crippen MR) is 97.7 cm³/mol. The molecule has 33 heavy (non-hydrogen) atoms. The first-order valence-corrected chi connectivity index (χ1v) is 10.4. The van der Waals surface area contributed by atoms with Gasteiger partial charge >= 0.3 is 6.18 Å². The van der Waals surface area contributed by atoms with Crippen LogP contribution in [-0.4, -0.2) is 54.3 Å². The highest BCUT2D eigenvalue weighted by Gasteiger charge is 2.51. The number of sulfonamides is 1. The van der Waals surface area contributed by atoms with Crippen LogP contribution in [0.5, 0.6) is 5.75 Å². The molecule has 1 aliphatic rings. The quantitative estimate of drug-likeness (QED) is 0.485. The van der Waals surface area contributed by atoms with Gasteiger partial charge in [-0.3, -0.25) is 0 Å². The molecule has 0 amide bonds. The lowest BCUT2D eigenvalue weighted by Gasteiger charge is -2.27. The van der Waals surface area contributed by atoms with Gasteiger partial charge in [0.1, 0.15) is 17.8 Å². The van der Waals surface area contributed by atoms with Crippen LogP contribution in [0.4, 0.5) is 26.3 Å². The molecule has 1 saturated heterocycles. The first kappa shape index (κ1) is 24.8. The highest BCUT2D eigenvalue weighted by Crippen LogP contribution is 2.35. The van der Waals surface area contributed by atoms with Crippen molar-refractivity contribution in [1.29, 1.82) is 5.26 Å². The van der Waals surface area contributed by atoms with Crippen molar-refractivity contribution in [1.82, 2.24) is 4.31 Å². The molecular formula is C19H14F6N2O5S. The van der Waals surface area contributed by atoms with Gasteiger partial charge < -0.3 is 14.9 Å². The minimum atomic E-state index is -4.84. The number of hydrogen-bond donors (Lipinski definition) is 2. The Bertz CT molecular complexity index is 1230. The first-order valence-electron chi connectivity index (χ1n) is 8.99. The summed E-state index contributed by atoms with van der Waals surface area (Å²) in [7, 11) is -4.71. The van der Waals surface area contributed by atoms with Crippen LogP contribution in [0.2, 0.25) is 0 Å². The van der Waals surface area contributed by atoms with E-state index in [-0.39, 0.29) is 0 Å². The highest BCUT2D eigenvalue weighted by atomic mass is 32.2. The number of halogens is 6. The zero-order valence-electron chi connectivity index (χ0n) is 16.3. The van der Waals surface area contributed by atoms with E-state index in [1.54, 1.807) is 0 Å². The van der Waals surface area contributed by atoms with Gasteiger partial charge in [-0.25, -0.2) is 17.2 Å². The number of hydrogen-bond acceptors (Lipinski definition) is 6. The molecule has 0 aromatic heterocycles. The fourth-order valence-corrected chi connectivity index (χ4v) is 4.84. The Morgan fingerprint density at radius 2 is 1.85 bits per heavy atom. The van der Waals surface area contributed by atoms with E-state index >= 15 is 0 Å². The Labute approximate surface area is 183 Å². The Balaban J connectivity index is 1.96. The van der Waals surface area contributed by atoms with Crippen LogP contribution < -0.4 is 4.74 Å². The highest BCUT2D eigenvalue weighted by molar-refractivity contribution is 7.89. The summed E-state index contributed by atoms with van der Waals surface area (Å²) in [5, 5.41) is 29.3. The number of alkyl halides is 3. The number of nitrogens with zero attached hydrogens (tertiary/aromatic N) is 2. The lowest BCUT2D eigenvalue weighted by atomic mass is 10.0. The maximum absolute atomic E-state index is 14.0. The van der Waals surface area contributed by atoms with Crippen molar-refractivity contribution in [2.24, 2.45) is 0 Å². The van der Waals surface area contributed by atoms with Gasteiger partial charge in [-0.2, -0.15) is 27.1 Å². The zero-order chi connectivity index (χ0) is 24.8. The number of benzene rings is 2. The maximum atomic E-state index is 14.0. The van der Waals surface area contributed by atoms with E-state index in [0.29, 0.717) is 34.6 Å². The van der Waals surface area contributed by atoms with E-state index in [9.17, 15) is 45.0 Å². The Hall–Kier alpha value is -2.86. The van der Waals surface area contributed by atoms with Crippen molar-refractivity contribution < 1.29 is 49.7 Å². The summed E-state index contributed by atoms with van der Waals surface area (Å²) in [6.45, 7) is -2.72. The SMILES string of the molecule is N#Cc1cc(C(F)(F)F)ccc1S(=O)(=O)N1CC(Oc2ccc(F)c(F)c2F)[C@](O)(CO)C1. The van der Waals surface area contributed by atoms with Crippen LogP contribution in [0.25, 0.3) is 0 Å². The second-order valence-corrected chi connectivity index (χ2v) is 9.07. The third-order valence-corrected chi connectivity index (χ3v) is 6.88. The number of aliphatic hydroxyl groups is 2. The molecule has 0 saturated carbocycles. The molecule has 0 radical (unpaired) electrons. The molecule has 0 bridgehead atoms. The van der Waals surface area contributed by atoms with Crippen LogP contribution in [-0.2, 0) is 16.2 Å². The topological polar surface area (TPSA) is 111 Å². The number of nitriles is 1. The van der Waals surface area contributed by atoms with E-state index in [4.69, 9.17) is 10.00 Å². The van der Waals surface area contributed by atoms with Gasteiger partial charge in [-0.15, -0.1) is 0 Å². The van der Waals surface area contributed by atoms with Gasteiger partial charge in [0, 0.05) is 6.54 Å². The van der Waals surface area contributed by atoms with Gasteiger partial charge in [-0.05, 0) is 30.3 Å². The minimum absolute atomic E-state index is 0.339. The normalized spacial score (nSPS) is 21.7. The third kappa shape index (κ3) is 4.49. The van der Waals surface area contributed by atoms with Gasteiger partial charge in [0.25, 0.3) is 0 Å². The molecule has 1 fully saturated rings. The van der Waals surface area contributed by atoms with Gasteiger partial charge in [0.15, 0.2) is 17.4 Å². The largest absolute Gasteiger partial charge is 0.483 e. The summed E-state index contributed by atoms with van der Waals surface area (Å²) in [6, 6.07) is 3.94. The lowest BCUT2D eigenvalue weighted by molar-refractivity contribution is -0.137. The van der Waals surface area contributed by atoms with Crippen molar-refractivity contribution in [3.63, 3.8) is 0 Å². The molecule has 1 heterocycles. The van der Waals surface area contributed by atoms with Gasteiger partial charge in [0.05, 0.1) is 29.2 Å². The average molecular weight is 496 g/mol. The molecule has 7 nitrogen and oxygen atoms in total. The number of rotatable bonds is 5. The maximum Gasteiger partial charge on any atom is 0.416 e. The van der Waals surface area contributed by atoms with Crippen LogP contribution >= 0.6 is 0 Å². The molecule has 2 N–H and O–H groups in total. The Morgan fingerprint density at radius 3 is 2.42 bits per heavy atom. The molecule has 3 rings (SSSR count). The molecule has 0 spiro atoms. The summed E-state index contributed by atoms with van der Waals surface area (Å²) in [5.74, 6) is -6.05. The van der Waals surface area contributed by atoms with Gasteiger partial charge in [0.2, 0.25) is 15.8 Å². The molecule has 2 aromatic carbocycles. The van der Waals surface area contributed by atoms with Crippen LogP contribution in [0.15, 0.2) is 35.2 Å². The molecule has 0 aliphatic carbocycles. The molecule has 178 valence electrons. The van der Waals surface area contributed by atoms with E-state index in [0.717, 1.165) is 0 Å². The fraction of sp³-hybridized carbons (Fsp3) is 0.316. The summed E-state index contributed by atoms with van der Waals surface area (Å²) in [4.78, 5) is -0.807. The van der Waals surface area contributed by atoms with Crippen molar-refractivity contribution in [2.45, 2.75) is 22.8 Å². The summed E-state index contributed by atoms with van der Waals surface area (Å²) >= 11 is 0. The van der Waals surface area contributed by atoms with Crippen molar-refractivity contribution in [3.05, 3.63) is 58.9 Å². The van der Waals surface area contributed by atoms with Crippen molar-refractivity contribution >= 4 is 10.0 Å². The number of β-amino-alcohol motifs (C(OH)–C–C–N with tert-alkyl or cyclic N) is 1. The molecule has 14 heteroatoms. The molecule has 2 atom stereocenters. The minimum Gasteiger partial charge on any atom is -0.483 e. The van der Waals surface area contributed by atoms with E-state index in [2.05, 4.69) is 0 Å². The van der Waals surface area contributed by atoms with E-state index in [1.807, 2.05) is 0 Å². The predicted octanol–water partition coefficient (Wildman–Crippen LogP) is 2.17. The number of aliphatic hydroxyl groups excluding tert-OH is 1. The standard InChI is InChI=1S/C19H14F6N2O5S/c20-12-2-3-13(17(22)16(12)21)32-15-7-27(8-18(15,29)9-28)33(30,31)14-4-1-11(19(23,24)25)5-10(14)6-26/h1-5,15,28-29H,7-9H2/t15?,18-/m1/s1. The third-order valence-electron chi connectivity index (χ3n) is 5.01. The van der Waals surface area contributed by atoms with Crippen LogP contribution in [0.3, 0.4) is 0 Å². The summed E-state index contributed by atoms with van der Waals surface area (Å²) in [6.07, 6.45) is -6.52. The second-order valence-electron chi connectivity index (χ2n) is 7.16. The van der Waals surface area contributed by atoms with Crippen molar-refractivity contribution in [3.8, 4) is 11.8 Å². The van der Waals surface area contributed by atoms with Crippen LogP contribution in [0, 0.1) is 28.8 Å². The molecular weight excluding hydrogens is 482 g/mol. The Kier molecular flexibility index (Phi) is 6.37. The molecule has 1 aliphatic heterocycles. The fourth-order valence-electron chi connectivity index (χ4n) is 3.22. The monoisotopic (exact) mass is 496 g/mol. The van der Waals surface area contributed by atoms with Crippen LogP contribution in [0.1, 0.15) is 11.1 Å².